The average molecular weight is 245 g/mol. The van der Waals surface area contributed by atoms with Gasteiger partial charge in [0.25, 0.3) is 0 Å². The van der Waals surface area contributed by atoms with E-state index in [4.69, 9.17) is 0 Å². The van der Waals surface area contributed by atoms with E-state index in [2.05, 4.69) is 49.9 Å². The highest BCUT2D eigenvalue weighted by atomic mass is 15.1. The summed E-state index contributed by atoms with van der Waals surface area (Å²) in [5.41, 5.74) is 3.44. The summed E-state index contributed by atoms with van der Waals surface area (Å²) in [4.78, 5) is 2.55. The SMILES string of the molecule is CCN(CC)CCC1(c2ccc(C)cc2)CCC1. The second kappa shape index (κ2) is 5.88. The van der Waals surface area contributed by atoms with Gasteiger partial charge in [0, 0.05) is 0 Å². The second-order valence-corrected chi connectivity index (χ2v) is 5.78. The predicted octanol–water partition coefficient (Wildman–Crippen LogP) is 4.15. The minimum absolute atomic E-state index is 0.496. The molecular formula is C17H27N. The zero-order chi connectivity index (χ0) is 13.0. The van der Waals surface area contributed by atoms with Gasteiger partial charge in [-0.25, -0.2) is 0 Å². The van der Waals surface area contributed by atoms with Crippen molar-refractivity contribution in [1.29, 1.82) is 0 Å². The van der Waals surface area contributed by atoms with Crippen LogP contribution in [0, 0.1) is 6.92 Å². The van der Waals surface area contributed by atoms with Gasteiger partial charge in [0.05, 0.1) is 0 Å². The van der Waals surface area contributed by atoms with Crippen LogP contribution in [0.4, 0.5) is 0 Å². The lowest BCUT2D eigenvalue weighted by molar-refractivity contribution is 0.183. The molecule has 1 aromatic rings. The van der Waals surface area contributed by atoms with Crippen LogP contribution in [0.3, 0.4) is 0 Å². The van der Waals surface area contributed by atoms with Gasteiger partial charge in [-0.3, -0.25) is 0 Å². The molecule has 0 bridgehead atoms. The lowest BCUT2D eigenvalue weighted by Crippen LogP contribution is -2.38. The molecule has 1 nitrogen and oxygen atoms in total. The molecule has 1 aromatic carbocycles. The average Bonchev–Trinajstić information content (AvgIpc) is 2.34. The maximum absolute atomic E-state index is 2.55. The molecule has 1 saturated carbocycles. The topological polar surface area (TPSA) is 3.24 Å². The highest BCUT2D eigenvalue weighted by molar-refractivity contribution is 5.30. The molecule has 0 aliphatic heterocycles. The Morgan fingerprint density at radius 2 is 1.67 bits per heavy atom. The lowest BCUT2D eigenvalue weighted by atomic mass is 9.62. The first-order valence-electron chi connectivity index (χ1n) is 7.49. The first-order chi connectivity index (χ1) is 8.70. The molecule has 18 heavy (non-hydrogen) atoms. The second-order valence-electron chi connectivity index (χ2n) is 5.78. The van der Waals surface area contributed by atoms with Crippen LogP contribution >= 0.6 is 0 Å². The third kappa shape index (κ3) is 2.77. The Morgan fingerprint density at radius 3 is 2.11 bits per heavy atom. The van der Waals surface area contributed by atoms with Gasteiger partial charge in [0.1, 0.15) is 0 Å². The standard InChI is InChI=1S/C17H27N/c1-4-18(5-2)14-13-17(11-6-12-17)16-9-7-15(3)8-10-16/h7-10H,4-6,11-14H2,1-3H3. The van der Waals surface area contributed by atoms with Gasteiger partial charge in [-0.2, -0.15) is 0 Å². The Kier molecular flexibility index (Phi) is 4.45. The molecule has 1 aliphatic rings. The van der Waals surface area contributed by atoms with Crippen molar-refractivity contribution in [2.24, 2.45) is 0 Å². The number of hydrogen-bond acceptors (Lipinski definition) is 1. The fraction of sp³-hybridized carbons (Fsp3) is 0.647. The summed E-state index contributed by atoms with van der Waals surface area (Å²) in [5, 5.41) is 0. The van der Waals surface area contributed by atoms with Gasteiger partial charge in [-0.1, -0.05) is 50.1 Å². The summed E-state index contributed by atoms with van der Waals surface area (Å²) in [7, 11) is 0. The maximum atomic E-state index is 2.55. The summed E-state index contributed by atoms with van der Waals surface area (Å²) in [5.74, 6) is 0. The molecular weight excluding hydrogens is 218 g/mol. The molecule has 2 rings (SSSR count). The van der Waals surface area contributed by atoms with Crippen molar-refractivity contribution >= 4 is 0 Å². The third-order valence-electron chi connectivity index (χ3n) is 4.78. The number of nitrogens with zero attached hydrogens (tertiary/aromatic N) is 1. The molecule has 0 radical (unpaired) electrons. The van der Waals surface area contributed by atoms with Crippen molar-refractivity contribution < 1.29 is 0 Å². The van der Waals surface area contributed by atoms with Crippen LogP contribution in [0.15, 0.2) is 24.3 Å². The molecule has 0 amide bonds. The molecule has 1 aliphatic carbocycles. The summed E-state index contributed by atoms with van der Waals surface area (Å²) < 4.78 is 0. The molecule has 1 heteroatoms. The van der Waals surface area contributed by atoms with E-state index < -0.39 is 0 Å². The Morgan fingerprint density at radius 1 is 1.06 bits per heavy atom. The molecule has 1 fully saturated rings. The number of aryl methyl sites for hydroxylation is 1. The van der Waals surface area contributed by atoms with Gasteiger partial charge in [-0.15, -0.1) is 0 Å². The van der Waals surface area contributed by atoms with Gasteiger partial charge < -0.3 is 4.90 Å². The molecule has 0 heterocycles. The van der Waals surface area contributed by atoms with Crippen LogP contribution in [-0.4, -0.2) is 24.5 Å². The van der Waals surface area contributed by atoms with Crippen molar-refractivity contribution in [1.82, 2.24) is 4.90 Å². The van der Waals surface area contributed by atoms with Crippen molar-refractivity contribution in [2.75, 3.05) is 19.6 Å². The van der Waals surface area contributed by atoms with Gasteiger partial charge >= 0.3 is 0 Å². The van der Waals surface area contributed by atoms with E-state index >= 15 is 0 Å². The van der Waals surface area contributed by atoms with E-state index in [-0.39, 0.29) is 0 Å². The van der Waals surface area contributed by atoms with E-state index in [1.807, 2.05) is 0 Å². The van der Waals surface area contributed by atoms with Crippen LogP contribution in [0.5, 0.6) is 0 Å². The lowest BCUT2D eigenvalue weighted by Gasteiger charge is -2.44. The quantitative estimate of drug-likeness (QED) is 0.728. The molecule has 0 spiro atoms. The summed E-state index contributed by atoms with van der Waals surface area (Å²) in [6, 6.07) is 9.26. The van der Waals surface area contributed by atoms with Crippen molar-refractivity contribution in [3.8, 4) is 0 Å². The zero-order valence-electron chi connectivity index (χ0n) is 12.2. The number of rotatable bonds is 6. The van der Waals surface area contributed by atoms with Crippen molar-refractivity contribution in [3.05, 3.63) is 35.4 Å². The number of benzene rings is 1. The maximum Gasteiger partial charge on any atom is -0.00105 e. The first kappa shape index (κ1) is 13.6. The minimum atomic E-state index is 0.496. The summed E-state index contributed by atoms with van der Waals surface area (Å²) in [6.07, 6.45) is 5.51. The Bertz CT molecular complexity index is 358. The van der Waals surface area contributed by atoms with E-state index in [0.29, 0.717) is 5.41 Å². The van der Waals surface area contributed by atoms with Crippen molar-refractivity contribution in [3.63, 3.8) is 0 Å². The van der Waals surface area contributed by atoms with Crippen molar-refractivity contribution in [2.45, 2.75) is 51.9 Å². The molecule has 0 atom stereocenters. The van der Waals surface area contributed by atoms with E-state index in [9.17, 15) is 0 Å². The fourth-order valence-corrected chi connectivity index (χ4v) is 3.11. The molecule has 0 unspecified atom stereocenters. The normalized spacial score (nSPS) is 17.8. The Balaban J connectivity index is 2.04. The summed E-state index contributed by atoms with van der Waals surface area (Å²) >= 11 is 0. The first-order valence-corrected chi connectivity index (χ1v) is 7.49. The highest BCUT2D eigenvalue weighted by Gasteiger charge is 2.38. The Hall–Kier alpha value is -0.820. The molecule has 100 valence electrons. The van der Waals surface area contributed by atoms with Crippen LogP contribution in [-0.2, 0) is 5.41 Å². The van der Waals surface area contributed by atoms with Crippen LogP contribution in [0.25, 0.3) is 0 Å². The van der Waals surface area contributed by atoms with Gasteiger partial charge in [-0.05, 0) is 56.8 Å². The zero-order valence-corrected chi connectivity index (χ0v) is 12.2. The van der Waals surface area contributed by atoms with Crippen LogP contribution in [0.2, 0.25) is 0 Å². The smallest absolute Gasteiger partial charge is 0.00105 e. The Labute approximate surface area is 112 Å². The molecule has 0 N–H and O–H groups in total. The predicted molar refractivity (Wildman–Crippen MR) is 79.1 cm³/mol. The third-order valence-corrected chi connectivity index (χ3v) is 4.78. The van der Waals surface area contributed by atoms with Gasteiger partial charge in [0.2, 0.25) is 0 Å². The summed E-state index contributed by atoms with van der Waals surface area (Å²) in [6.45, 7) is 10.3. The van der Waals surface area contributed by atoms with E-state index in [0.717, 1.165) is 0 Å². The number of hydrogen-bond donors (Lipinski definition) is 0. The van der Waals surface area contributed by atoms with Crippen LogP contribution in [0.1, 0.15) is 50.7 Å². The van der Waals surface area contributed by atoms with E-state index in [1.54, 1.807) is 5.56 Å². The van der Waals surface area contributed by atoms with E-state index in [1.165, 1.54) is 50.9 Å². The largest absolute Gasteiger partial charge is 0.304 e. The monoisotopic (exact) mass is 245 g/mol. The molecule has 0 aromatic heterocycles. The fourth-order valence-electron chi connectivity index (χ4n) is 3.11. The minimum Gasteiger partial charge on any atom is -0.304 e. The highest BCUT2D eigenvalue weighted by Crippen LogP contribution is 2.46. The van der Waals surface area contributed by atoms with Crippen LogP contribution < -0.4 is 0 Å². The molecule has 0 saturated heterocycles. The van der Waals surface area contributed by atoms with Gasteiger partial charge in [0.15, 0.2) is 0 Å².